The number of H-pyrrole nitrogens is 1. The van der Waals surface area contributed by atoms with E-state index in [4.69, 9.17) is 24.1 Å². The molecule has 0 radical (unpaired) electrons. The third-order valence-corrected chi connectivity index (χ3v) is 8.76. The molecule has 5 unspecified atom stereocenters. The number of rotatable bonds is 13. The summed E-state index contributed by atoms with van der Waals surface area (Å²) in [7, 11) is -5.72. The van der Waals surface area contributed by atoms with E-state index < -0.39 is 118 Å². The number of nitrogens with one attached hydrogen (secondary N) is 1. The number of aliphatic carboxylic acids is 2. The predicted molar refractivity (Wildman–Crippen MR) is 140 cm³/mol. The average Bonchev–Trinajstić information content (AvgIpc) is 3.53. The Morgan fingerprint density at radius 1 is 1.00 bits per heavy atom. The van der Waals surface area contributed by atoms with Crippen LogP contribution in [-0.2, 0) is 33.1 Å². The number of imidazole rings is 1. The van der Waals surface area contributed by atoms with Crippen LogP contribution >= 0.6 is 7.60 Å². The lowest BCUT2D eigenvalue weighted by atomic mass is 9.98. The molecule has 2 saturated heterocycles. The van der Waals surface area contributed by atoms with Crippen LogP contribution < -0.4 is 5.56 Å². The Bertz CT molecular complexity index is 1500. The fraction of sp³-hybridized carbons (Fsp3) is 0.682. The Kier molecular flexibility index (Phi) is 10.9. The molecule has 4 heterocycles. The molecule has 0 amide bonds. The summed E-state index contributed by atoms with van der Waals surface area (Å²) in [6.45, 7) is -1.61. The zero-order chi connectivity index (χ0) is 34.2. The number of carboxylic acid groups (broad SMARTS) is 2. The van der Waals surface area contributed by atoms with Gasteiger partial charge in [-0.25, -0.2) is 19.6 Å². The van der Waals surface area contributed by atoms with Crippen LogP contribution in [0.3, 0.4) is 0 Å². The highest BCUT2D eigenvalue weighted by molar-refractivity contribution is 7.52. The number of aromatic nitrogens is 4. The van der Waals surface area contributed by atoms with E-state index >= 15 is 0 Å². The zero-order valence-electron chi connectivity index (χ0n) is 23.0. The van der Waals surface area contributed by atoms with Crippen LogP contribution in [0.25, 0.3) is 11.2 Å². The number of aromatic amines is 1. The van der Waals surface area contributed by atoms with Gasteiger partial charge in [0.05, 0.1) is 25.9 Å². The second-order valence-corrected chi connectivity index (χ2v) is 12.1. The molecule has 0 saturated carbocycles. The molecule has 4 rings (SSSR count). The Balaban J connectivity index is 1.46. The fourth-order valence-electron chi connectivity index (χ4n) is 5.05. The smallest absolute Gasteiger partial charge is 0.335 e. The monoisotopic (exact) mass is 686 g/mol. The van der Waals surface area contributed by atoms with E-state index in [9.17, 15) is 69.6 Å². The summed E-state index contributed by atoms with van der Waals surface area (Å²) in [6.07, 6.45) is -22.1. The lowest BCUT2D eigenvalue weighted by molar-refractivity contribution is -0.322. The maximum Gasteiger partial charge on any atom is 0.335 e. The maximum atomic E-state index is 11.9. The van der Waals surface area contributed by atoms with Crippen molar-refractivity contribution in [1.29, 1.82) is 0 Å². The first-order valence-electron chi connectivity index (χ1n) is 13.2. The van der Waals surface area contributed by atoms with E-state index in [-0.39, 0.29) is 11.2 Å². The third kappa shape index (κ3) is 6.97. The molecule has 12 N–H and O–H groups in total. The first-order chi connectivity index (χ1) is 21.5. The molecule has 2 aliphatic heterocycles. The molecule has 13 atom stereocenters. The summed E-state index contributed by atoms with van der Waals surface area (Å²) in [6, 6.07) is 0. The Labute approximate surface area is 255 Å². The molecule has 0 aromatic carbocycles. The molecule has 24 heteroatoms. The molecule has 258 valence electrons. The minimum atomic E-state index is -5.72. The summed E-state index contributed by atoms with van der Waals surface area (Å²) in [5.41, 5.74) is -3.57. The van der Waals surface area contributed by atoms with E-state index in [1.54, 1.807) is 0 Å². The average molecular weight is 686 g/mol. The predicted octanol–water partition coefficient (Wildman–Crippen LogP) is -6.61. The van der Waals surface area contributed by atoms with Gasteiger partial charge in [-0.2, -0.15) is 0 Å². The Hall–Kier alpha value is -3.00. The largest absolute Gasteiger partial charge is 0.479 e. The van der Waals surface area contributed by atoms with Gasteiger partial charge in [-0.3, -0.25) is 13.9 Å². The molecule has 0 spiro atoms. The minimum Gasteiger partial charge on any atom is -0.479 e. The number of fused-ring (bicyclic) bond motifs is 1. The van der Waals surface area contributed by atoms with Crippen molar-refractivity contribution in [3.63, 3.8) is 0 Å². The van der Waals surface area contributed by atoms with Gasteiger partial charge in [0.15, 0.2) is 35.9 Å². The number of ether oxygens (including phenoxy) is 4. The lowest BCUT2D eigenvalue weighted by Gasteiger charge is -2.43. The first kappa shape index (κ1) is 35.8. The van der Waals surface area contributed by atoms with Gasteiger partial charge < -0.3 is 79.7 Å². The van der Waals surface area contributed by atoms with E-state index in [2.05, 4.69) is 15.0 Å². The van der Waals surface area contributed by atoms with Crippen molar-refractivity contribution in [2.45, 2.75) is 79.2 Å². The molecule has 2 aromatic rings. The summed E-state index contributed by atoms with van der Waals surface area (Å²) in [4.78, 5) is 64.0. The van der Waals surface area contributed by atoms with E-state index in [0.717, 1.165) is 12.7 Å². The first-order valence-corrected chi connectivity index (χ1v) is 14.9. The van der Waals surface area contributed by atoms with Gasteiger partial charge in [0.25, 0.3) is 5.56 Å². The van der Waals surface area contributed by atoms with Gasteiger partial charge in [-0.15, -0.1) is 0 Å². The molecule has 46 heavy (non-hydrogen) atoms. The van der Waals surface area contributed by atoms with Crippen LogP contribution in [-0.4, -0.2) is 173 Å². The molecule has 23 nitrogen and oxygen atoms in total. The van der Waals surface area contributed by atoms with Crippen LogP contribution in [0.2, 0.25) is 0 Å². The van der Waals surface area contributed by atoms with Crippen LogP contribution in [0.15, 0.2) is 17.4 Å². The second-order valence-electron chi connectivity index (χ2n) is 10.4. The van der Waals surface area contributed by atoms with Crippen LogP contribution in [0, 0.1) is 0 Å². The quantitative estimate of drug-likeness (QED) is 0.0871. The fourth-order valence-corrected chi connectivity index (χ4v) is 6.10. The standard InChI is InChI=1S/C22H31N4O19P/c27-1-5-14(42-2-6-8(28)10(30)19(43-6)26-4-25-7-17(26)23-3-24-18(7)34)9(29)11(31)22(44-5)45-15(21(37)38)12(32)16(46(39,40)41)13(33)20(35)36/h3-6,8-16,19,22,27-33H,1-2H2,(H,35,36)(H,37,38)(H,23,24,34)(H2,39,40,41)/t5-,6?,8+,9-,10+,11-,12?,13?,14-,15?,16?,19+,22-/m1/s1. The number of hydrogen-bond donors (Lipinski definition) is 12. The van der Waals surface area contributed by atoms with Crippen LogP contribution in [0.5, 0.6) is 0 Å². The van der Waals surface area contributed by atoms with Crippen molar-refractivity contribution in [2.24, 2.45) is 0 Å². The van der Waals surface area contributed by atoms with Gasteiger partial charge in [-0.1, -0.05) is 0 Å². The molecule has 0 bridgehead atoms. The van der Waals surface area contributed by atoms with E-state index in [0.29, 0.717) is 0 Å². The van der Waals surface area contributed by atoms with Crippen molar-refractivity contribution in [3.05, 3.63) is 23.0 Å². The summed E-state index contributed by atoms with van der Waals surface area (Å²) < 4.78 is 34.4. The van der Waals surface area contributed by atoms with Gasteiger partial charge in [0.1, 0.15) is 54.5 Å². The number of aliphatic hydroxyl groups is 7. The minimum absolute atomic E-state index is 0.0153. The second kappa shape index (κ2) is 14.0. The normalized spacial score (nSPS) is 33.0. The van der Waals surface area contributed by atoms with Gasteiger partial charge in [0.2, 0.25) is 0 Å². The third-order valence-electron chi connectivity index (χ3n) is 7.40. The van der Waals surface area contributed by atoms with Crippen molar-refractivity contribution in [2.75, 3.05) is 13.2 Å². The molecular weight excluding hydrogens is 655 g/mol. The molecule has 2 aliphatic rings. The van der Waals surface area contributed by atoms with Crippen molar-refractivity contribution >= 4 is 30.7 Å². The molecular formula is C22H31N4O19P. The highest BCUT2D eigenvalue weighted by Crippen LogP contribution is 2.46. The van der Waals surface area contributed by atoms with Crippen molar-refractivity contribution < 1.29 is 88.8 Å². The molecule has 0 aliphatic carbocycles. The van der Waals surface area contributed by atoms with E-state index in [1.807, 2.05) is 0 Å². The summed E-state index contributed by atoms with van der Waals surface area (Å²) in [5, 5.41) is 90.9. The Morgan fingerprint density at radius 2 is 1.67 bits per heavy atom. The Morgan fingerprint density at radius 3 is 2.26 bits per heavy atom. The number of aliphatic hydroxyl groups excluding tert-OH is 7. The lowest BCUT2D eigenvalue weighted by Crippen LogP contribution is -2.62. The van der Waals surface area contributed by atoms with E-state index in [1.165, 1.54) is 4.57 Å². The van der Waals surface area contributed by atoms with Gasteiger partial charge >= 0.3 is 19.5 Å². The highest BCUT2D eigenvalue weighted by Gasteiger charge is 2.53. The van der Waals surface area contributed by atoms with Crippen molar-refractivity contribution in [3.8, 4) is 0 Å². The number of carbonyl (C=O) groups is 2. The summed E-state index contributed by atoms with van der Waals surface area (Å²) in [5.74, 6) is -4.37. The SMILES string of the molecule is O=C(O)C(O)C(C(O)C(O[C@H]1O[C@H](CO)[C@@H](OCC2O[C@H](n3cnc4c(=O)[nH]cnc43)[C@@H](O)[C@H]2O)[C@H](O)[C@H]1O)C(=O)O)P(=O)(O)O. The van der Waals surface area contributed by atoms with Crippen LogP contribution in [0.1, 0.15) is 6.23 Å². The number of carboxylic acids is 2. The van der Waals surface area contributed by atoms with Crippen LogP contribution in [0.4, 0.5) is 0 Å². The zero-order valence-corrected chi connectivity index (χ0v) is 23.9. The number of hydrogen-bond acceptors (Lipinski definition) is 17. The van der Waals surface area contributed by atoms with Crippen molar-refractivity contribution in [1.82, 2.24) is 19.5 Å². The topological polar surface area (TPSA) is 374 Å². The maximum absolute atomic E-state index is 11.9. The highest BCUT2D eigenvalue weighted by atomic mass is 31.2. The van der Waals surface area contributed by atoms with Gasteiger partial charge in [0, 0.05) is 0 Å². The number of nitrogens with zero attached hydrogens (tertiary/aromatic N) is 3. The molecule has 2 fully saturated rings. The molecule has 2 aromatic heterocycles. The van der Waals surface area contributed by atoms with Gasteiger partial charge in [-0.05, 0) is 0 Å². The summed E-state index contributed by atoms with van der Waals surface area (Å²) >= 11 is 0.